The molecule has 3 rings (SSSR count). The highest BCUT2D eigenvalue weighted by atomic mass is 32.1. The van der Waals surface area contributed by atoms with E-state index >= 15 is 0 Å². The molecule has 0 atom stereocenters. The summed E-state index contributed by atoms with van der Waals surface area (Å²) < 4.78 is 0. The first-order valence-electron chi connectivity index (χ1n) is 8.36. The van der Waals surface area contributed by atoms with Crippen LogP contribution in [0, 0.1) is 19.8 Å². The van der Waals surface area contributed by atoms with Gasteiger partial charge in [-0.05, 0) is 32.3 Å². The zero-order valence-corrected chi connectivity index (χ0v) is 15.1. The third kappa shape index (κ3) is 3.58. The van der Waals surface area contributed by atoms with E-state index in [0.717, 1.165) is 10.4 Å². The van der Waals surface area contributed by atoms with Crippen LogP contribution in [0.4, 0.5) is 0 Å². The van der Waals surface area contributed by atoms with Crippen molar-refractivity contribution < 1.29 is 14.7 Å². The maximum absolute atomic E-state index is 12.3. The molecule has 0 spiro atoms. The van der Waals surface area contributed by atoms with Crippen molar-refractivity contribution in [1.29, 1.82) is 0 Å². The number of aryl methyl sites for hydroxylation is 3. The molecule has 8 heteroatoms. The van der Waals surface area contributed by atoms with E-state index in [9.17, 15) is 14.4 Å². The van der Waals surface area contributed by atoms with Crippen molar-refractivity contribution in [1.82, 2.24) is 14.9 Å². The van der Waals surface area contributed by atoms with Crippen LogP contribution in [-0.4, -0.2) is 44.9 Å². The summed E-state index contributed by atoms with van der Waals surface area (Å²) in [5.74, 6) is -0.642. The number of aromatic amines is 1. The summed E-state index contributed by atoms with van der Waals surface area (Å²) in [6.07, 6.45) is 1.63. The molecule has 7 nitrogen and oxygen atoms in total. The zero-order chi connectivity index (χ0) is 18.1. The molecule has 0 bridgehead atoms. The lowest BCUT2D eigenvalue weighted by Gasteiger charge is -2.30. The fourth-order valence-corrected chi connectivity index (χ4v) is 4.23. The van der Waals surface area contributed by atoms with Crippen LogP contribution in [0.5, 0.6) is 0 Å². The van der Waals surface area contributed by atoms with Gasteiger partial charge in [-0.25, -0.2) is 4.98 Å². The Morgan fingerprint density at radius 2 is 2.00 bits per heavy atom. The van der Waals surface area contributed by atoms with Gasteiger partial charge in [-0.2, -0.15) is 0 Å². The lowest BCUT2D eigenvalue weighted by atomic mass is 9.97. The van der Waals surface area contributed by atoms with Gasteiger partial charge in [0.15, 0.2) is 0 Å². The number of rotatable bonds is 4. The van der Waals surface area contributed by atoms with Gasteiger partial charge in [0.2, 0.25) is 5.91 Å². The number of H-pyrrole nitrogens is 1. The summed E-state index contributed by atoms with van der Waals surface area (Å²) in [6.45, 7) is 4.82. The van der Waals surface area contributed by atoms with Crippen molar-refractivity contribution in [2.45, 2.75) is 39.5 Å². The first-order valence-corrected chi connectivity index (χ1v) is 9.18. The van der Waals surface area contributed by atoms with Crippen LogP contribution in [0.1, 0.15) is 35.5 Å². The molecular formula is C17H21N3O4S. The lowest BCUT2D eigenvalue weighted by molar-refractivity contribution is -0.145. The van der Waals surface area contributed by atoms with E-state index in [1.54, 1.807) is 4.90 Å². The summed E-state index contributed by atoms with van der Waals surface area (Å²) >= 11 is 1.49. The smallest absolute Gasteiger partial charge is 0.306 e. The Bertz CT molecular complexity index is 878. The second kappa shape index (κ2) is 6.95. The van der Waals surface area contributed by atoms with Crippen LogP contribution in [-0.2, 0) is 16.0 Å². The average Bonchev–Trinajstić information content (AvgIpc) is 2.87. The maximum atomic E-state index is 12.3. The Morgan fingerprint density at radius 1 is 1.32 bits per heavy atom. The summed E-state index contributed by atoms with van der Waals surface area (Å²) in [7, 11) is 0. The van der Waals surface area contributed by atoms with Gasteiger partial charge in [0.1, 0.15) is 10.7 Å². The topological polar surface area (TPSA) is 103 Å². The second-order valence-electron chi connectivity index (χ2n) is 6.47. The molecule has 25 heavy (non-hydrogen) atoms. The number of hydrogen-bond donors (Lipinski definition) is 2. The maximum Gasteiger partial charge on any atom is 0.306 e. The third-order valence-corrected chi connectivity index (χ3v) is 5.96. The lowest BCUT2D eigenvalue weighted by Crippen LogP contribution is -2.40. The minimum absolute atomic E-state index is 0.0230. The molecule has 0 saturated carbocycles. The third-order valence-electron chi connectivity index (χ3n) is 4.86. The molecule has 3 heterocycles. The van der Waals surface area contributed by atoms with Gasteiger partial charge in [-0.3, -0.25) is 14.4 Å². The highest BCUT2D eigenvalue weighted by Crippen LogP contribution is 2.25. The molecule has 0 radical (unpaired) electrons. The Labute approximate surface area is 148 Å². The number of nitrogens with one attached hydrogen (secondary N) is 1. The van der Waals surface area contributed by atoms with E-state index in [1.165, 1.54) is 11.3 Å². The molecule has 0 aliphatic carbocycles. The van der Waals surface area contributed by atoms with Crippen LogP contribution < -0.4 is 5.56 Å². The molecule has 2 N–H and O–H groups in total. The fraction of sp³-hybridized carbons (Fsp3) is 0.529. The minimum atomic E-state index is -0.788. The van der Waals surface area contributed by atoms with E-state index in [4.69, 9.17) is 5.11 Å². The van der Waals surface area contributed by atoms with Crippen LogP contribution in [0.2, 0.25) is 0 Å². The molecule has 1 fully saturated rings. The number of hydrogen-bond acceptors (Lipinski definition) is 5. The Hall–Kier alpha value is -2.22. The number of carboxylic acids is 1. The predicted octanol–water partition coefficient (Wildman–Crippen LogP) is 1.86. The van der Waals surface area contributed by atoms with Crippen LogP contribution >= 0.6 is 11.3 Å². The molecule has 1 aliphatic heterocycles. The number of piperidine rings is 1. The molecule has 0 aromatic carbocycles. The minimum Gasteiger partial charge on any atom is -0.481 e. The molecule has 2 aromatic rings. The molecule has 0 unspecified atom stereocenters. The highest BCUT2D eigenvalue weighted by molar-refractivity contribution is 7.18. The molecule has 1 aliphatic rings. The number of amides is 1. The number of carbonyl (C=O) groups excluding carboxylic acids is 1. The second-order valence-corrected chi connectivity index (χ2v) is 7.67. The number of aromatic nitrogens is 2. The van der Waals surface area contributed by atoms with Crippen molar-refractivity contribution in [2.75, 3.05) is 13.1 Å². The Balaban J connectivity index is 1.64. The summed E-state index contributed by atoms with van der Waals surface area (Å²) in [5.41, 5.74) is 0.800. The summed E-state index contributed by atoms with van der Waals surface area (Å²) in [4.78, 5) is 46.3. The van der Waals surface area contributed by atoms with Crippen molar-refractivity contribution in [3.05, 3.63) is 26.6 Å². The van der Waals surface area contributed by atoms with Crippen LogP contribution in [0.15, 0.2) is 4.79 Å². The van der Waals surface area contributed by atoms with Gasteiger partial charge in [-0.1, -0.05) is 0 Å². The van der Waals surface area contributed by atoms with Crippen molar-refractivity contribution >= 4 is 33.4 Å². The Morgan fingerprint density at radius 3 is 2.64 bits per heavy atom. The van der Waals surface area contributed by atoms with Crippen LogP contribution in [0.25, 0.3) is 10.2 Å². The fourth-order valence-electron chi connectivity index (χ4n) is 3.18. The van der Waals surface area contributed by atoms with Gasteiger partial charge in [0, 0.05) is 30.8 Å². The van der Waals surface area contributed by atoms with Crippen molar-refractivity contribution in [3.63, 3.8) is 0 Å². The van der Waals surface area contributed by atoms with E-state index in [1.807, 2.05) is 13.8 Å². The Kier molecular flexibility index (Phi) is 4.89. The number of aliphatic carboxylic acids is 1. The predicted molar refractivity (Wildman–Crippen MR) is 95.0 cm³/mol. The summed E-state index contributed by atoms with van der Waals surface area (Å²) in [6, 6.07) is 0. The van der Waals surface area contributed by atoms with Gasteiger partial charge in [0.25, 0.3) is 5.56 Å². The molecule has 1 saturated heterocycles. The van der Waals surface area contributed by atoms with E-state index in [0.29, 0.717) is 48.4 Å². The molecule has 2 aromatic heterocycles. The standard InChI is InChI=1S/C17H21N3O4S/c1-9-10(2)25-16-14(9)15(22)18-12(19-16)3-4-13(21)20-7-5-11(6-8-20)17(23)24/h11H,3-8H2,1-2H3,(H,23,24)(H,18,19,22). The normalized spacial score (nSPS) is 15.7. The monoisotopic (exact) mass is 363 g/mol. The number of carbonyl (C=O) groups is 2. The van der Waals surface area contributed by atoms with Crippen LogP contribution in [0.3, 0.4) is 0 Å². The van der Waals surface area contributed by atoms with Gasteiger partial charge in [0.05, 0.1) is 11.3 Å². The van der Waals surface area contributed by atoms with E-state index in [2.05, 4.69) is 9.97 Å². The van der Waals surface area contributed by atoms with E-state index < -0.39 is 5.97 Å². The molecular weight excluding hydrogens is 342 g/mol. The quantitative estimate of drug-likeness (QED) is 0.863. The number of thiophene rings is 1. The molecule has 1 amide bonds. The average molecular weight is 363 g/mol. The number of nitrogens with zero attached hydrogens (tertiary/aromatic N) is 2. The largest absolute Gasteiger partial charge is 0.481 e. The highest BCUT2D eigenvalue weighted by Gasteiger charge is 2.26. The van der Waals surface area contributed by atoms with Gasteiger partial charge >= 0.3 is 5.97 Å². The van der Waals surface area contributed by atoms with E-state index in [-0.39, 0.29) is 23.8 Å². The number of carboxylic acid groups (broad SMARTS) is 1. The number of likely N-dealkylation sites (tertiary alicyclic amines) is 1. The summed E-state index contributed by atoms with van der Waals surface area (Å²) in [5, 5.41) is 9.64. The van der Waals surface area contributed by atoms with Gasteiger partial charge < -0.3 is 15.0 Å². The van der Waals surface area contributed by atoms with Crippen molar-refractivity contribution in [2.24, 2.45) is 5.92 Å². The first kappa shape index (κ1) is 17.6. The zero-order valence-electron chi connectivity index (χ0n) is 14.3. The number of fused-ring (bicyclic) bond motifs is 1. The van der Waals surface area contributed by atoms with Gasteiger partial charge in [-0.15, -0.1) is 11.3 Å². The van der Waals surface area contributed by atoms with Crippen molar-refractivity contribution in [3.8, 4) is 0 Å². The SMILES string of the molecule is Cc1sc2nc(CCC(=O)N3CCC(C(=O)O)CC3)[nH]c(=O)c2c1C. The first-order chi connectivity index (χ1) is 11.9. The molecule has 134 valence electrons.